The van der Waals surface area contributed by atoms with E-state index >= 15 is 0 Å². The number of halogens is 1. The minimum absolute atomic E-state index is 0.0397. The number of carbonyl (C=O) groups is 1. The van der Waals surface area contributed by atoms with Gasteiger partial charge in [-0.05, 0) is 25.7 Å². The molecule has 0 aliphatic carbocycles. The molecule has 0 atom stereocenters. The second kappa shape index (κ2) is 7.31. The number of rotatable bonds is 6. The van der Waals surface area contributed by atoms with Crippen LogP contribution in [0.3, 0.4) is 0 Å². The predicted octanol–water partition coefficient (Wildman–Crippen LogP) is 0.936. The van der Waals surface area contributed by atoms with Crippen LogP contribution in [-0.4, -0.2) is 49.9 Å². The molecule has 1 fully saturated rings. The number of hydrogen-bond donors (Lipinski definition) is 1. The first-order valence-corrected chi connectivity index (χ1v) is 8.62. The van der Waals surface area contributed by atoms with Gasteiger partial charge < -0.3 is 5.32 Å². The van der Waals surface area contributed by atoms with E-state index in [2.05, 4.69) is 5.32 Å². The third-order valence-corrected chi connectivity index (χ3v) is 4.65. The fourth-order valence-electron chi connectivity index (χ4n) is 2.01. The quantitative estimate of drug-likeness (QED) is 0.586. The van der Waals surface area contributed by atoms with Crippen LogP contribution in [0.25, 0.3) is 0 Å². The first-order chi connectivity index (χ1) is 8.43. The number of nitrogens with zero attached hydrogens (tertiary/aromatic N) is 1. The minimum atomic E-state index is -3.09. The molecule has 1 saturated heterocycles. The van der Waals surface area contributed by atoms with Gasteiger partial charge in [0.2, 0.25) is 15.9 Å². The van der Waals surface area contributed by atoms with Crippen molar-refractivity contribution in [3.8, 4) is 0 Å². The van der Waals surface area contributed by atoms with Crippen LogP contribution in [0, 0.1) is 0 Å². The average Bonchev–Trinajstić information content (AvgIpc) is 2.29. The largest absolute Gasteiger partial charge is 0.353 e. The molecule has 1 aliphatic rings. The van der Waals surface area contributed by atoms with E-state index in [9.17, 15) is 13.2 Å². The summed E-state index contributed by atoms with van der Waals surface area (Å²) in [6, 6.07) is 0.103. The maximum absolute atomic E-state index is 11.6. The Labute approximate surface area is 114 Å². The summed E-state index contributed by atoms with van der Waals surface area (Å²) < 4.78 is 24.1. The molecule has 1 heterocycles. The summed E-state index contributed by atoms with van der Waals surface area (Å²) in [4.78, 5) is 11.6. The van der Waals surface area contributed by atoms with Crippen LogP contribution in [0.5, 0.6) is 0 Å². The molecular weight excluding hydrogens is 276 g/mol. The number of amides is 1. The topological polar surface area (TPSA) is 66.5 Å². The molecule has 0 unspecified atom stereocenters. The molecule has 0 aromatic rings. The van der Waals surface area contributed by atoms with Gasteiger partial charge in [-0.3, -0.25) is 4.79 Å². The zero-order chi connectivity index (χ0) is 13.6. The third kappa shape index (κ3) is 5.54. The molecule has 0 radical (unpaired) electrons. The Morgan fingerprint density at radius 1 is 1.33 bits per heavy atom. The highest BCUT2D eigenvalue weighted by atomic mass is 35.5. The highest BCUT2D eigenvalue weighted by molar-refractivity contribution is 7.88. The molecule has 18 heavy (non-hydrogen) atoms. The number of sulfonamides is 1. The van der Waals surface area contributed by atoms with Crippen molar-refractivity contribution in [2.75, 3.05) is 25.2 Å². The van der Waals surface area contributed by atoms with Crippen molar-refractivity contribution in [1.82, 2.24) is 9.62 Å². The molecule has 1 aliphatic heterocycles. The highest BCUT2D eigenvalue weighted by Crippen LogP contribution is 2.13. The zero-order valence-corrected chi connectivity index (χ0v) is 12.3. The number of piperidine rings is 1. The second-order valence-electron chi connectivity index (χ2n) is 4.65. The van der Waals surface area contributed by atoms with E-state index in [1.165, 1.54) is 10.6 Å². The summed E-state index contributed by atoms with van der Waals surface area (Å²) in [5, 5.41) is 2.95. The van der Waals surface area contributed by atoms with Gasteiger partial charge >= 0.3 is 0 Å². The molecular formula is C11H21ClN2O3S. The Morgan fingerprint density at radius 2 is 1.94 bits per heavy atom. The van der Waals surface area contributed by atoms with Gasteiger partial charge in [0.05, 0.1) is 6.26 Å². The van der Waals surface area contributed by atoms with Crippen molar-refractivity contribution in [3.05, 3.63) is 0 Å². The van der Waals surface area contributed by atoms with Crippen molar-refractivity contribution in [3.63, 3.8) is 0 Å². The second-order valence-corrected chi connectivity index (χ2v) is 7.01. The number of carbonyl (C=O) groups excluding carboxylic acids is 1. The Bertz CT molecular complexity index is 364. The van der Waals surface area contributed by atoms with Crippen LogP contribution in [0.15, 0.2) is 0 Å². The van der Waals surface area contributed by atoms with Gasteiger partial charge in [0.15, 0.2) is 0 Å². The lowest BCUT2D eigenvalue weighted by molar-refractivity contribution is -0.122. The summed E-state index contributed by atoms with van der Waals surface area (Å²) in [6.45, 7) is 0.983. The molecule has 1 N–H and O–H groups in total. The molecule has 106 valence electrons. The van der Waals surface area contributed by atoms with Crippen molar-refractivity contribution >= 4 is 27.5 Å². The van der Waals surface area contributed by atoms with Gasteiger partial charge in [-0.15, -0.1) is 11.6 Å². The Hall–Kier alpha value is -0.330. The van der Waals surface area contributed by atoms with E-state index in [4.69, 9.17) is 11.6 Å². The standard InChI is InChI=1S/C11H21ClN2O3S/c1-18(16,17)14-8-5-10(6-9-14)13-11(15)4-2-3-7-12/h10H,2-9H2,1H3,(H,13,15). The van der Waals surface area contributed by atoms with Crippen LogP contribution < -0.4 is 5.32 Å². The molecule has 1 rings (SSSR count). The number of alkyl halides is 1. The summed E-state index contributed by atoms with van der Waals surface area (Å²) in [5.41, 5.74) is 0. The van der Waals surface area contributed by atoms with Gasteiger partial charge in [0, 0.05) is 31.4 Å². The fraction of sp³-hybridized carbons (Fsp3) is 0.909. The first-order valence-electron chi connectivity index (χ1n) is 6.24. The molecule has 0 aromatic carbocycles. The van der Waals surface area contributed by atoms with Crippen LogP contribution in [0.2, 0.25) is 0 Å². The van der Waals surface area contributed by atoms with Crippen molar-refractivity contribution < 1.29 is 13.2 Å². The first kappa shape index (κ1) is 15.7. The Kier molecular flexibility index (Phi) is 6.38. The molecule has 0 aromatic heterocycles. The maximum atomic E-state index is 11.6. The monoisotopic (exact) mass is 296 g/mol. The maximum Gasteiger partial charge on any atom is 0.220 e. The lowest BCUT2D eigenvalue weighted by atomic mass is 10.1. The summed E-state index contributed by atoms with van der Waals surface area (Å²) in [7, 11) is -3.09. The molecule has 5 nitrogen and oxygen atoms in total. The molecule has 1 amide bonds. The molecule has 0 bridgehead atoms. The number of hydrogen-bond acceptors (Lipinski definition) is 3. The van der Waals surface area contributed by atoms with E-state index in [-0.39, 0.29) is 11.9 Å². The minimum Gasteiger partial charge on any atom is -0.353 e. The van der Waals surface area contributed by atoms with Gasteiger partial charge in [0.1, 0.15) is 0 Å². The Morgan fingerprint density at radius 3 is 2.44 bits per heavy atom. The average molecular weight is 297 g/mol. The highest BCUT2D eigenvalue weighted by Gasteiger charge is 2.25. The number of unbranched alkanes of at least 4 members (excludes halogenated alkanes) is 1. The van der Waals surface area contributed by atoms with Crippen LogP contribution >= 0.6 is 11.6 Å². The lowest BCUT2D eigenvalue weighted by Gasteiger charge is -2.30. The molecule has 7 heteroatoms. The summed E-state index contributed by atoms with van der Waals surface area (Å²) >= 11 is 5.54. The molecule has 0 spiro atoms. The molecule has 0 saturated carbocycles. The summed E-state index contributed by atoms with van der Waals surface area (Å²) in [5.74, 6) is 0.623. The van der Waals surface area contributed by atoms with Crippen LogP contribution in [0.1, 0.15) is 32.1 Å². The van der Waals surface area contributed by atoms with E-state index < -0.39 is 10.0 Å². The van der Waals surface area contributed by atoms with Crippen LogP contribution in [-0.2, 0) is 14.8 Å². The van der Waals surface area contributed by atoms with Gasteiger partial charge in [-0.25, -0.2) is 12.7 Å². The van der Waals surface area contributed by atoms with Crippen molar-refractivity contribution in [1.29, 1.82) is 0 Å². The SMILES string of the molecule is CS(=O)(=O)N1CCC(NC(=O)CCCCCl)CC1. The van der Waals surface area contributed by atoms with E-state index in [1.807, 2.05) is 0 Å². The van der Waals surface area contributed by atoms with Gasteiger partial charge in [-0.1, -0.05) is 0 Å². The van der Waals surface area contributed by atoms with Gasteiger partial charge in [0.25, 0.3) is 0 Å². The normalized spacial score (nSPS) is 18.8. The smallest absolute Gasteiger partial charge is 0.220 e. The Balaban J connectivity index is 2.25. The van der Waals surface area contributed by atoms with Crippen molar-refractivity contribution in [2.45, 2.75) is 38.1 Å². The number of nitrogens with one attached hydrogen (secondary N) is 1. The predicted molar refractivity (Wildman–Crippen MR) is 72.2 cm³/mol. The fourth-order valence-corrected chi connectivity index (χ4v) is 3.07. The van der Waals surface area contributed by atoms with Crippen LogP contribution in [0.4, 0.5) is 0 Å². The third-order valence-electron chi connectivity index (χ3n) is 3.08. The van der Waals surface area contributed by atoms with Crippen molar-refractivity contribution in [2.24, 2.45) is 0 Å². The van der Waals surface area contributed by atoms with E-state index in [0.717, 1.165) is 12.8 Å². The zero-order valence-electron chi connectivity index (χ0n) is 10.7. The van der Waals surface area contributed by atoms with E-state index in [0.29, 0.717) is 38.2 Å². The lowest BCUT2D eigenvalue weighted by Crippen LogP contribution is -2.46. The summed E-state index contributed by atoms with van der Waals surface area (Å²) in [6.07, 6.45) is 4.75. The van der Waals surface area contributed by atoms with E-state index in [1.54, 1.807) is 0 Å². The van der Waals surface area contributed by atoms with Gasteiger partial charge in [-0.2, -0.15) is 0 Å².